The average molecular weight is 541 g/mol. The number of piperidine rings is 1. The summed E-state index contributed by atoms with van der Waals surface area (Å²) in [5.41, 5.74) is 1.76. The van der Waals surface area contributed by atoms with Gasteiger partial charge in [0.15, 0.2) is 5.78 Å². The van der Waals surface area contributed by atoms with Crippen LogP contribution in [0.2, 0.25) is 0 Å². The number of benzene rings is 2. The van der Waals surface area contributed by atoms with Crippen molar-refractivity contribution in [2.45, 2.75) is 51.7 Å². The summed E-state index contributed by atoms with van der Waals surface area (Å²) in [5.74, 6) is -1.02. The van der Waals surface area contributed by atoms with Gasteiger partial charge in [0.2, 0.25) is 0 Å². The molecule has 1 saturated heterocycles. The van der Waals surface area contributed by atoms with Crippen LogP contribution in [0.3, 0.4) is 0 Å². The first-order chi connectivity index (χ1) is 17.8. The SMILES string of the molecule is Cc1c(C(=O)CCC(F)(F)F)ccc2nn(CC3CCN(C(=O)c4ccc(OC(F)(F)F)cc4)CC3)cc12. The van der Waals surface area contributed by atoms with E-state index in [0.29, 0.717) is 48.9 Å². The Morgan fingerprint density at radius 2 is 1.66 bits per heavy atom. The van der Waals surface area contributed by atoms with Crippen molar-refractivity contribution in [3.05, 3.63) is 59.3 Å². The molecular formula is C26H25F6N3O3. The van der Waals surface area contributed by atoms with Crippen LogP contribution in [0.15, 0.2) is 42.6 Å². The van der Waals surface area contributed by atoms with Crippen LogP contribution < -0.4 is 4.74 Å². The average Bonchev–Trinajstić information content (AvgIpc) is 3.25. The quantitative estimate of drug-likeness (QED) is 0.259. The van der Waals surface area contributed by atoms with Crippen molar-refractivity contribution in [2.75, 3.05) is 13.1 Å². The number of amides is 1. The second-order valence-electron chi connectivity index (χ2n) is 9.37. The fourth-order valence-corrected chi connectivity index (χ4v) is 4.63. The molecule has 38 heavy (non-hydrogen) atoms. The zero-order valence-corrected chi connectivity index (χ0v) is 20.4. The van der Waals surface area contributed by atoms with Gasteiger partial charge in [-0.3, -0.25) is 14.3 Å². The highest BCUT2D eigenvalue weighted by Gasteiger charge is 2.31. The summed E-state index contributed by atoms with van der Waals surface area (Å²) >= 11 is 0. The molecule has 3 aromatic rings. The summed E-state index contributed by atoms with van der Waals surface area (Å²) in [5, 5.41) is 5.24. The third kappa shape index (κ3) is 6.84. The van der Waals surface area contributed by atoms with Crippen molar-refractivity contribution in [2.24, 2.45) is 5.92 Å². The van der Waals surface area contributed by atoms with Gasteiger partial charge >= 0.3 is 12.5 Å². The van der Waals surface area contributed by atoms with Crippen LogP contribution in [-0.4, -0.2) is 52.0 Å². The summed E-state index contributed by atoms with van der Waals surface area (Å²) in [6.07, 6.45) is -7.80. The third-order valence-electron chi connectivity index (χ3n) is 6.62. The molecule has 0 radical (unpaired) electrons. The van der Waals surface area contributed by atoms with Crippen molar-refractivity contribution in [1.29, 1.82) is 0 Å². The molecule has 1 fully saturated rings. The number of fused-ring (bicyclic) bond motifs is 1. The molecule has 0 bridgehead atoms. The van der Waals surface area contributed by atoms with Gasteiger partial charge in [0.25, 0.3) is 5.91 Å². The number of aromatic nitrogens is 2. The third-order valence-corrected chi connectivity index (χ3v) is 6.62. The topological polar surface area (TPSA) is 64.4 Å². The Bertz CT molecular complexity index is 1310. The van der Waals surface area contributed by atoms with Crippen LogP contribution in [0.25, 0.3) is 10.9 Å². The number of Topliss-reactive ketones (excluding diaryl/α,β-unsaturated/α-hetero) is 1. The van der Waals surface area contributed by atoms with E-state index in [-0.39, 0.29) is 23.0 Å². The van der Waals surface area contributed by atoms with E-state index in [1.165, 1.54) is 18.2 Å². The molecule has 0 spiro atoms. The van der Waals surface area contributed by atoms with Crippen molar-refractivity contribution < 1.29 is 40.7 Å². The van der Waals surface area contributed by atoms with Gasteiger partial charge in [0, 0.05) is 48.8 Å². The fourth-order valence-electron chi connectivity index (χ4n) is 4.63. The van der Waals surface area contributed by atoms with Crippen LogP contribution in [0.5, 0.6) is 5.75 Å². The summed E-state index contributed by atoms with van der Waals surface area (Å²) in [7, 11) is 0. The van der Waals surface area contributed by atoms with Gasteiger partial charge in [-0.25, -0.2) is 0 Å². The molecule has 12 heteroatoms. The number of halogens is 6. The molecule has 2 aromatic carbocycles. The molecule has 0 saturated carbocycles. The zero-order valence-electron chi connectivity index (χ0n) is 20.4. The van der Waals surface area contributed by atoms with E-state index in [2.05, 4.69) is 9.84 Å². The van der Waals surface area contributed by atoms with E-state index in [1.54, 1.807) is 28.8 Å². The number of aryl methyl sites for hydroxylation is 1. The Labute approximate surface area is 214 Å². The molecule has 0 atom stereocenters. The molecule has 1 aliphatic rings. The largest absolute Gasteiger partial charge is 0.573 e. The highest BCUT2D eigenvalue weighted by atomic mass is 19.4. The van der Waals surface area contributed by atoms with Crippen LogP contribution in [0.1, 0.15) is 52.0 Å². The summed E-state index contributed by atoms with van der Waals surface area (Å²) in [6.45, 7) is 3.21. The number of nitrogens with zero attached hydrogens (tertiary/aromatic N) is 3. The number of ether oxygens (including phenoxy) is 1. The Morgan fingerprint density at radius 3 is 2.26 bits per heavy atom. The Kier molecular flexibility index (Phi) is 7.70. The van der Waals surface area contributed by atoms with Gasteiger partial charge in [-0.1, -0.05) is 0 Å². The number of ketones is 1. The van der Waals surface area contributed by atoms with Crippen LogP contribution in [0, 0.1) is 12.8 Å². The van der Waals surface area contributed by atoms with Gasteiger partial charge in [0.1, 0.15) is 5.75 Å². The minimum atomic E-state index is -4.80. The first-order valence-electron chi connectivity index (χ1n) is 12.0. The molecule has 0 N–H and O–H groups in total. The molecule has 6 nitrogen and oxygen atoms in total. The van der Waals surface area contributed by atoms with E-state index in [4.69, 9.17) is 0 Å². The van der Waals surface area contributed by atoms with Gasteiger partial charge < -0.3 is 9.64 Å². The fraction of sp³-hybridized carbons (Fsp3) is 0.423. The van der Waals surface area contributed by atoms with Crippen LogP contribution in [-0.2, 0) is 6.54 Å². The number of carbonyl (C=O) groups is 2. The van der Waals surface area contributed by atoms with Gasteiger partial charge in [-0.2, -0.15) is 18.3 Å². The second-order valence-corrected chi connectivity index (χ2v) is 9.37. The normalized spacial score (nSPS) is 15.2. The number of hydrogen-bond acceptors (Lipinski definition) is 4. The van der Waals surface area contributed by atoms with Crippen molar-refractivity contribution in [3.63, 3.8) is 0 Å². The van der Waals surface area contributed by atoms with Crippen molar-refractivity contribution in [3.8, 4) is 5.75 Å². The highest BCUT2D eigenvalue weighted by Crippen LogP contribution is 2.28. The first-order valence-corrected chi connectivity index (χ1v) is 12.0. The highest BCUT2D eigenvalue weighted by molar-refractivity contribution is 6.01. The van der Waals surface area contributed by atoms with E-state index < -0.39 is 36.9 Å². The predicted molar refractivity (Wildman–Crippen MR) is 126 cm³/mol. The Hall–Kier alpha value is -3.57. The molecule has 4 rings (SSSR count). The van der Waals surface area contributed by atoms with E-state index in [0.717, 1.165) is 12.1 Å². The van der Waals surface area contributed by atoms with Crippen LogP contribution in [0.4, 0.5) is 26.3 Å². The zero-order chi connectivity index (χ0) is 27.7. The smallest absolute Gasteiger partial charge is 0.406 e. The van der Waals surface area contributed by atoms with E-state index in [9.17, 15) is 35.9 Å². The molecule has 2 heterocycles. The Balaban J connectivity index is 1.34. The van der Waals surface area contributed by atoms with E-state index in [1.807, 2.05) is 0 Å². The summed E-state index contributed by atoms with van der Waals surface area (Å²) in [6, 6.07) is 7.95. The number of rotatable bonds is 7. The molecule has 0 unspecified atom stereocenters. The first kappa shape index (κ1) is 27.5. The van der Waals surface area contributed by atoms with Crippen molar-refractivity contribution in [1.82, 2.24) is 14.7 Å². The number of hydrogen-bond donors (Lipinski definition) is 0. The maximum atomic E-state index is 12.8. The van der Waals surface area contributed by atoms with E-state index >= 15 is 0 Å². The Morgan fingerprint density at radius 1 is 1.00 bits per heavy atom. The number of carbonyl (C=O) groups excluding carboxylic acids is 2. The van der Waals surface area contributed by atoms with Gasteiger partial charge in [-0.15, -0.1) is 13.2 Å². The minimum absolute atomic E-state index is 0.212. The lowest BCUT2D eigenvalue weighted by Gasteiger charge is -2.32. The maximum Gasteiger partial charge on any atom is 0.573 e. The summed E-state index contributed by atoms with van der Waals surface area (Å²) in [4.78, 5) is 26.7. The molecule has 204 valence electrons. The lowest BCUT2D eigenvalue weighted by atomic mass is 9.96. The minimum Gasteiger partial charge on any atom is -0.406 e. The lowest BCUT2D eigenvalue weighted by Crippen LogP contribution is -2.39. The number of likely N-dealkylation sites (tertiary alicyclic amines) is 1. The molecule has 1 aliphatic heterocycles. The second kappa shape index (κ2) is 10.7. The van der Waals surface area contributed by atoms with Gasteiger partial charge in [0.05, 0.1) is 11.9 Å². The lowest BCUT2D eigenvalue weighted by molar-refractivity contribution is -0.274. The summed E-state index contributed by atoms with van der Waals surface area (Å²) < 4.78 is 80.1. The van der Waals surface area contributed by atoms with Gasteiger partial charge in [-0.05, 0) is 67.6 Å². The molecular weight excluding hydrogens is 516 g/mol. The molecule has 1 aromatic heterocycles. The van der Waals surface area contributed by atoms with Crippen molar-refractivity contribution >= 4 is 22.6 Å². The number of alkyl halides is 6. The molecule has 1 amide bonds. The maximum absolute atomic E-state index is 12.8. The predicted octanol–water partition coefficient (Wildman–Crippen LogP) is 6.32. The van der Waals surface area contributed by atoms with Crippen LogP contribution >= 0.6 is 0 Å². The molecule has 0 aliphatic carbocycles. The monoisotopic (exact) mass is 541 g/mol. The standard InChI is InChI=1S/C26H25F6N3O3/c1-16-20(23(36)8-11-25(27,28)29)6-7-22-21(16)15-35(33-22)14-17-9-12-34(13-10-17)24(37)18-2-4-19(5-3-18)38-26(30,31)32/h2-7,15,17H,8-14H2,1H3.